The molecular weight excluding hydrogens is 554 g/mol. The molecule has 0 bridgehead atoms. The molecule has 40 heavy (non-hydrogen) atoms. The number of aryl methyl sites for hydroxylation is 2. The van der Waals surface area contributed by atoms with E-state index in [1.807, 2.05) is 19.9 Å². The predicted octanol–water partition coefficient (Wildman–Crippen LogP) is 4.33. The molecule has 3 aromatic carbocycles. The van der Waals surface area contributed by atoms with Crippen LogP contribution in [0.2, 0.25) is 5.02 Å². The van der Waals surface area contributed by atoms with Crippen LogP contribution in [0.3, 0.4) is 0 Å². The van der Waals surface area contributed by atoms with Crippen molar-refractivity contribution in [2.75, 3.05) is 32.1 Å². The zero-order valence-corrected chi connectivity index (χ0v) is 25.0. The number of hydrogen-bond donors (Lipinski definition) is 1. The second kappa shape index (κ2) is 13.1. The van der Waals surface area contributed by atoms with Crippen molar-refractivity contribution < 1.29 is 27.5 Å². The van der Waals surface area contributed by atoms with Gasteiger partial charge in [-0.25, -0.2) is 8.42 Å². The lowest BCUT2D eigenvalue weighted by Crippen LogP contribution is -2.50. The quantitative estimate of drug-likeness (QED) is 0.358. The fraction of sp³-hybridized carbons (Fsp3) is 0.310. The molecule has 0 heterocycles. The molecule has 0 fully saturated rings. The zero-order valence-electron chi connectivity index (χ0n) is 23.4. The molecule has 0 saturated heterocycles. The number of nitrogens with zero attached hydrogens (tertiary/aromatic N) is 2. The van der Waals surface area contributed by atoms with Gasteiger partial charge < -0.3 is 19.7 Å². The normalized spacial score (nSPS) is 11.9. The largest absolute Gasteiger partial charge is 0.493 e. The highest BCUT2D eigenvalue weighted by molar-refractivity contribution is 7.92. The molecule has 11 heteroatoms. The Morgan fingerprint density at radius 1 is 0.950 bits per heavy atom. The van der Waals surface area contributed by atoms with Gasteiger partial charge in [-0.15, -0.1) is 0 Å². The van der Waals surface area contributed by atoms with Crippen molar-refractivity contribution in [3.63, 3.8) is 0 Å². The summed E-state index contributed by atoms with van der Waals surface area (Å²) in [5, 5.41) is 2.98. The molecule has 0 aromatic heterocycles. The molecule has 0 spiro atoms. The van der Waals surface area contributed by atoms with Crippen LogP contribution >= 0.6 is 11.6 Å². The first-order chi connectivity index (χ1) is 18.9. The van der Waals surface area contributed by atoms with Crippen LogP contribution in [0, 0.1) is 13.8 Å². The highest BCUT2D eigenvalue weighted by atomic mass is 35.5. The molecule has 3 rings (SSSR count). The molecule has 0 saturated carbocycles. The number of halogens is 1. The number of carbonyl (C=O) groups excluding carboxylic acids is 2. The van der Waals surface area contributed by atoms with E-state index in [1.165, 1.54) is 44.4 Å². The summed E-state index contributed by atoms with van der Waals surface area (Å²) in [7, 11) is 0.0509. The summed E-state index contributed by atoms with van der Waals surface area (Å²) >= 11 is 6.37. The molecule has 2 amide bonds. The first kappa shape index (κ1) is 30.8. The third kappa shape index (κ3) is 6.86. The molecule has 0 aliphatic rings. The fourth-order valence-electron chi connectivity index (χ4n) is 4.33. The number of benzene rings is 3. The molecule has 3 aromatic rings. The Morgan fingerprint density at radius 3 is 2.15 bits per heavy atom. The Balaban J connectivity index is 2.12. The summed E-state index contributed by atoms with van der Waals surface area (Å²) in [6.45, 7) is 4.71. The lowest BCUT2D eigenvalue weighted by atomic mass is 10.1. The van der Waals surface area contributed by atoms with E-state index in [1.54, 1.807) is 43.3 Å². The average molecular weight is 588 g/mol. The molecule has 9 nitrogen and oxygen atoms in total. The van der Waals surface area contributed by atoms with Gasteiger partial charge in [0.15, 0.2) is 11.5 Å². The Kier molecular flexibility index (Phi) is 10.1. The summed E-state index contributed by atoms with van der Waals surface area (Å²) < 4.78 is 39.9. The van der Waals surface area contributed by atoms with Crippen molar-refractivity contribution in [3.05, 3.63) is 82.4 Å². The Hall–Kier alpha value is -3.76. The first-order valence-electron chi connectivity index (χ1n) is 12.5. The summed E-state index contributed by atoms with van der Waals surface area (Å²) in [6, 6.07) is 15.6. The van der Waals surface area contributed by atoms with E-state index >= 15 is 0 Å². The van der Waals surface area contributed by atoms with E-state index in [0.717, 1.165) is 15.4 Å². The summed E-state index contributed by atoms with van der Waals surface area (Å²) in [5.74, 6) is -0.398. The summed E-state index contributed by atoms with van der Waals surface area (Å²) in [6.07, 6.45) is 0. The van der Waals surface area contributed by atoms with Crippen LogP contribution in [-0.4, -0.2) is 59.0 Å². The third-order valence-corrected chi connectivity index (χ3v) is 8.57. The van der Waals surface area contributed by atoms with Crippen LogP contribution in [0.1, 0.15) is 23.6 Å². The average Bonchev–Trinajstić information content (AvgIpc) is 2.93. The van der Waals surface area contributed by atoms with E-state index in [9.17, 15) is 18.0 Å². The fourth-order valence-corrected chi connectivity index (χ4v) is 5.94. The lowest BCUT2D eigenvalue weighted by Gasteiger charge is -2.32. The van der Waals surface area contributed by atoms with E-state index in [-0.39, 0.29) is 17.2 Å². The van der Waals surface area contributed by atoms with Crippen LogP contribution in [0.5, 0.6) is 11.5 Å². The second-order valence-electron chi connectivity index (χ2n) is 9.28. The van der Waals surface area contributed by atoms with Crippen LogP contribution < -0.4 is 19.1 Å². The molecule has 1 atom stereocenters. The van der Waals surface area contributed by atoms with Crippen LogP contribution in [-0.2, 0) is 26.2 Å². The van der Waals surface area contributed by atoms with Crippen molar-refractivity contribution >= 4 is 39.1 Å². The minimum Gasteiger partial charge on any atom is -0.493 e. The maximum atomic E-state index is 14.1. The van der Waals surface area contributed by atoms with Gasteiger partial charge in [0, 0.05) is 24.7 Å². The molecular formula is C29H34ClN3O6S. The number of ether oxygens (including phenoxy) is 2. The molecule has 214 valence electrons. The topological polar surface area (TPSA) is 105 Å². The van der Waals surface area contributed by atoms with E-state index in [2.05, 4.69) is 5.32 Å². The van der Waals surface area contributed by atoms with Gasteiger partial charge in [-0.3, -0.25) is 13.9 Å². The smallest absolute Gasteiger partial charge is 0.264 e. The Morgan fingerprint density at radius 2 is 1.57 bits per heavy atom. The van der Waals surface area contributed by atoms with Crippen molar-refractivity contribution in [2.24, 2.45) is 0 Å². The van der Waals surface area contributed by atoms with Crippen molar-refractivity contribution in [2.45, 2.75) is 38.3 Å². The number of amides is 2. The van der Waals surface area contributed by atoms with Crippen molar-refractivity contribution in [3.8, 4) is 11.5 Å². The summed E-state index contributed by atoms with van der Waals surface area (Å²) in [5.41, 5.74) is 2.57. The van der Waals surface area contributed by atoms with Gasteiger partial charge >= 0.3 is 0 Å². The van der Waals surface area contributed by atoms with E-state index < -0.39 is 34.4 Å². The Labute approximate surface area is 240 Å². The number of hydrogen-bond acceptors (Lipinski definition) is 6. The van der Waals surface area contributed by atoms with Gasteiger partial charge in [0.1, 0.15) is 12.6 Å². The van der Waals surface area contributed by atoms with Gasteiger partial charge in [-0.05, 0) is 67.8 Å². The highest BCUT2D eigenvalue weighted by Gasteiger charge is 2.33. The molecule has 1 N–H and O–H groups in total. The molecule has 0 aliphatic carbocycles. The zero-order chi connectivity index (χ0) is 29.6. The summed E-state index contributed by atoms with van der Waals surface area (Å²) in [4.78, 5) is 27.8. The van der Waals surface area contributed by atoms with Crippen LogP contribution in [0.4, 0.5) is 5.69 Å². The van der Waals surface area contributed by atoms with Crippen molar-refractivity contribution in [1.29, 1.82) is 0 Å². The maximum absolute atomic E-state index is 14.1. The maximum Gasteiger partial charge on any atom is 0.264 e. The SMILES string of the molecule is CNC(=O)[C@H](C)N(Cc1ccccc1Cl)C(=O)CN(c1cc(C)cc(C)c1)S(=O)(=O)c1ccc(OC)c(OC)c1. The minimum absolute atomic E-state index is 0.00415. The number of methoxy groups -OCH3 is 2. The van der Waals surface area contributed by atoms with Gasteiger partial charge in [0.05, 0.1) is 24.8 Å². The Bertz CT molecular complexity index is 1470. The minimum atomic E-state index is -4.28. The van der Waals surface area contributed by atoms with E-state index in [4.69, 9.17) is 21.1 Å². The third-order valence-electron chi connectivity index (χ3n) is 6.43. The number of anilines is 1. The predicted molar refractivity (Wildman–Crippen MR) is 156 cm³/mol. The lowest BCUT2D eigenvalue weighted by molar-refractivity contribution is -0.139. The van der Waals surface area contributed by atoms with E-state index in [0.29, 0.717) is 22.0 Å². The molecule has 0 unspecified atom stereocenters. The molecule has 0 radical (unpaired) electrons. The molecule has 0 aliphatic heterocycles. The highest BCUT2D eigenvalue weighted by Crippen LogP contribution is 2.33. The standard InChI is InChI=1S/C29H34ClN3O6S/c1-19-13-20(2)15-23(14-19)33(40(36,37)24-11-12-26(38-5)27(16-24)39-6)18-28(34)32(21(3)29(35)31-4)17-22-9-7-8-10-25(22)30/h7-16,21H,17-18H2,1-6H3,(H,31,35)/t21-/m0/s1. The second-order valence-corrected chi connectivity index (χ2v) is 11.5. The number of rotatable bonds is 11. The van der Waals surface area contributed by atoms with Gasteiger partial charge in [-0.2, -0.15) is 0 Å². The van der Waals surface area contributed by atoms with Gasteiger partial charge in [0.2, 0.25) is 11.8 Å². The van der Waals surface area contributed by atoms with Crippen molar-refractivity contribution in [1.82, 2.24) is 10.2 Å². The van der Waals surface area contributed by atoms with Gasteiger partial charge in [-0.1, -0.05) is 35.9 Å². The number of sulfonamides is 1. The van der Waals surface area contributed by atoms with Gasteiger partial charge in [0.25, 0.3) is 10.0 Å². The number of nitrogens with one attached hydrogen (secondary N) is 1. The number of carbonyl (C=O) groups is 2. The first-order valence-corrected chi connectivity index (χ1v) is 14.3. The van der Waals surface area contributed by atoms with Crippen LogP contribution in [0.15, 0.2) is 65.6 Å². The van der Waals surface area contributed by atoms with Crippen LogP contribution in [0.25, 0.3) is 0 Å². The number of likely N-dealkylation sites (N-methyl/N-ethyl adjacent to an activating group) is 1. The monoisotopic (exact) mass is 587 g/mol.